The highest BCUT2D eigenvalue weighted by Crippen LogP contribution is 2.29. The molecule has 1 unspecified atom stereocenters. The van der Waals surface area contributed by atoms with Gasteiger partial charge in [-0.05, 0) is 76.5 Å². The predicted molar refractivity (Wildman–Crippen MR) is 135 cm³/mol. The first-order valence-electron chi connectivity index (χ1n) is 13.1. The van der Waals surface area contributed by atoms with Gasteiger partial charge in [0.1, 0.15) is 5.60 Å². The lowest BCUT2D eigenvalue weighted by atomic mass is 9.90. The zero-order valence-electron chi connectivity index (χ0n) is 21.3. The summed E-state index contributed by atoms with van der Waals surface area (Å²) in [6.07, 6.45) is 4.96. The van der Waals surface area contributed by atoms with Gasteiger partial charge >= 0.3 is 6.09 Å². The first kappa shape index (κ1) is 25.5. The number of hydrogen-bond acceptors (Lipinski definition) is 6. The minimum absolute atomic E-state index is 0.174. The van der Waals surface area contributed by atoms with Gasteiger partial charge in [-0.3, -0.25) is 14.9 Å². The molecule has 0 aromatic heterocycles. The maximum atomic E-state index is 12.1. The Morgan fingerprint density at radius 2 is 1.66 bits per heavy atom. The summed E-state index contributed by atoms with van der Waals surface area (Å²) in [5.74, 6) is 0.118. The van der Waals surface area contributed by atoms with E-state index in [0.717, 1.165) is 51.1 Å². The predicted octanol–water partition coefficient (Wildman–Crippen LogP) is 3.41. The van der Waals surface area contributed by atoms with Crippen LogP contribution >= 0.6 is 0 Å². The number of rotatable bonds is 5. The summed E-state index contributed by atoms with van der Waals surface area (Å²) in [6.45, 7) is 10.9. The SMILES string of the molecule is CC(C)(C)OC(=O)NC1CCN(CC2CCN(c3ccc(C4CCC(=O)NC4=O)cc3)CC2)CC1. The molecule has 8 heteroatoms. The number of hydrogen-bond donors (Lipinski definition) is 2. The third-order valence-corrected chi connectivity index (χ3v) is 7.34. The van der Waals surface area contributed by atoms with Gasteiger partial charge in [0, 0.05) is 50.9 Å². The second-order valence-corrected chi connectivity index (χ2v) is 11.2. The molecule has 0 spiro atoms. The Balaban J connectivity index is 1.18. The summed E-state index contributed by atoms with van der Waals surface area (Å²) in [4.78, 5) is 40.5. The molecular weight excluding hydrogens is 444 g/mol. The number of nitrogens with one attached hydrogen (secondary N) is 2. The standard InChI is InChI=1S/C27H40N4O4/c1-27(2,3)35-26(34)28-21-12-14-30(15-13-21)18-19-10-16-31(17-11-19)22-6-4-20(5-7-22)23-8-9-24(32)29-25(23)33/h4-7,19,21,23H,8-18H2,1-3H3,(H,28,34)(H,29,32,33). The molecule has 3 aliphatic heterocycles. The Morgan fingerprint density at radius 3 is 2.26 bits per heavy atom. The maximum Gasteiger partial charge on any atom is 0.407 e. The molecule has 1 aromatic carbocycles. The lowest BCUT2D eigenvalue weighted by Gasteiger charge is -2.38. The lowest BCUT2D eigenvalue weighted by molar-refractivity contribution is -0.134. The molecule has 4 rings (SSSR count). The number of benzene rings is 1. The zero-order valence-corrected chi connectivity index (χ0v) is 21.3. The molecule has 2 N–H and O–H groups in total. The van der Waals surface area contributed by atoms with E-state index in [1.54, 1.807) is 0 Å². The topological polar surface area (TPSA) is 91.0 Å². The molecule has 1 atom stereocenters. The van der Waals surface area contributed by atoms with Crippen LogP contribution in [-0.4, -0.2) is 67.2 Å². The van der Waals surface area contributed by atoms with Crippen molar-refractivity contribution >= 4 is 23.6 Å². The van der Waals surface area contributed by atoms with Crippen molar-refractivity contribution < 1.29 is 19.1 Å². The van der Waals surface area contributed by atoms with Crippen LogP contribution in [0.3, 0.4) is 0 Å². The van der Waals surface area contributed by atoms with Crippen LogP contribution in [-0.2, 0) is 14.3 Å². The van der Waals surface area contributed by atoms with Crippen molar-refractivity contribution in [1.82, 2.24) is 15.5 Å². The van der Waals surface area contributed by atoms with Gasteiger partial charge in [0.25, 0.3) is 0 Å². The molecule has 1 aromatic rings. The van der Waals surface area contributed by atoms with Gasteiger partial charge in [-0.25, -0.2) is 4.79 Å². The number of carbonyl (C=O) groups is 3. The molecule has 8 nitrogen and oxygen atoms in total. The summed E-state index contributed by atoms with van der Waals surface area (Å²) in [7, 11) is 0. The van der Waals surface area contributed by atoms with Gasteiger partial charge in [-0.1, -0.05) is 12.1 Å². The number of piperidine rings is 3. The summed E-state index contributed by atoms with van der Waals surface area (Å²) < 4.78 is 5.38. The molecule has 0 bridgehead atoms. The smallest absolute Gasteiger partial charge is 0.407 e. The van der Waals surface area contributed by atoms with E-state index in [2.05, 4.69) is 32.6 Å². The van der Waals surface area contributed by atoms with Crippen molar-refractivity contribution in [2.75, 3.05) is 37.6 Å². The van der Waals surface area contributed by atoms with E-state index in [1.165, 1.54) is 18.5 Å². The van der Waals surface area contributed by atoms with Gasteiger partial charge in [-0.15, -0.1) is 0 Å². The van der Waals surface area contributed by atoms with Gasteiger partial charge in [0.05, 0.1) is 5.92 Å². The first-order valence-corrected chi connectivity index (χ1v) is 13.1. The third kappa shape index (κ3) is 7.19. The fourth-order valence-electron chi connectivity index (χ4n) is 5.40. The number of ether oxygens (including phenoxy) is 1. The number of imide groups is 1. The number of alkyl carbamates (subject to hydrolysis) is 1. The molecule has 192 valence electrons. The molecule has 35 heavy (non-hydrogen) atoms. The van der Waals surface area contributed by atoms with E-state index >= 15 is 0 Å². The minimum Gasteiger partial charge on any atom is -0.444 e. The van der Waals surface area contributed by atoms with Crippen LogP contribution in [0.15, 0.2) is 24.3 Å². The fourth-order valence-corrected chi connectivity index (χ4v) is 5.40. The second-order valence-electron chi connectivity index (χ2n) is 11.2. The Kier molecular flexibility index (Phi) is 7.99. The van der Waals surface area contributed by atoms with Crippen LogP contribution in [0, 0.1) is 5.92 Å². The molecular formula is C27H40N4O4. The number of anilines is 1. The molecule has 0 radical (unpaired) electrons. The number of nitrogens with zero attached hydrogens (tertiary/aromatic N) is 2. The molecule has 0 aliphatic carbocycles. The van der Waals surface area contributed by atoms with E-state index in [1.807, 2.05) is 32.9 Å². The van der Waals surface area contributed by atoms with Crippen LogP contribution in [0.1, 0.15) is 70.8 Å². The Morgan fingerprint density at radius 1 is 1.00 bits per heavy atom. The maximum absolute atomic E-state index is 12.1. The quantitative estimate of drug-likeness (QED) is 0.623. The van der Waals surface area contributed by atoms with Crippen LogP contribution in [0.5, 0.6) is 0 Å². The number of amides is 3. The summed E-state index contributed by atoms with van der Waals surface area (Å²) in [5, 5.41) is 5.47. The molecule has 3 amide bonds. The van der Waals surface area contributed by atoms with Crippen LogP contribution in [0.4, 0.5) is 10.5 Å². The van der Waals surface area contributed by atoms with Gasteiger partial charge in [-0.2, -0.15) is 0 Å². The number of carbonyl (C=O) groups excluding carboxylic acids is 3. The Labute approximate surface area is 208 Å². The Hall–Kier alpha value is -2.61. The fraction of sp³-hybridized carbons (Fsp3) is 0.667. The monoisotopic (exact) mass is 484 g/mol. The van der Waals surface area contributed by atoms with Gasteiger partial charge < -0.3 is 19.9 Å². The first-order chi connectivity index (χ1) is 16.7. The van der Waals surface area contributed by atoms with Crippen molar-refractivity contribution in [3.63, 3.8) is 0 Å². The van der Waals surface area contributed by atoms with Crippen molar-refractivity contribution in [2.45, 2.75) is 76.9 Å². The van der Waals surface area contributed by atoms with E-state index in [0.29, 0.717) is 18.8 Å². The van der Waals surface area contributed by atoms with E-state index < -0.39 is 5.60 Å². The van der Waals surface area contributed by atoms with Crippen molar-refractivity contribution in [1.29, 1.82) is 0 Å². The van der Waals surface area contributed by atoms with Crippen LogP contribution < -0.4 is 15.5 Å². The van der Waals surface area contributed by atoms with E-state index in [-0.39, 0.29) is 29.9 Å². The number of likely N-dealkylation sites (tertiary alicyclic amines) is 1. The molecule has 3 saturated heterocycles. The normalized spacial score (nSPS) is 23.2. The highest BCUT2D eigenvalue weighted by molar-refractivity contribution is 6.00. The van der Waals surface area contributed by atoms with Crippen LogP contribution in [0.2, 0.25) is 0 Å². The molecule has 3 fully saturated rings. The summed E-state index contributed by atoms with van der Waals surface area (Å²) in [6, 6.07) is 8.50. The third-order valence-electron chi connectivity index (χ3n) is 7.34. The molecule has 3 aliphatic rings. The molecule has 0 saturated carbocycles. The van der Waals surface area contributed by atoms with E-state index in [9.17, 15) is 14.4 Å². The van der Waals surface area contributed by atoms with Crippen molar-refractivity contribution in [2.24, 2.45) is 5.92 Å². The highest BCUT2D eigenvalue weighted by atomic mass is 16.6. The van der Waals surface area contributed by atoms with Gasteiger partial charge in [0.15, 0.2) is 0 Å². The zero-order chi connectivity index (χ0) is 25.0. The van der Waals surface area contributed by atoms with Crippen LogP contribution in [0.25, 0.3) is 0 Å². The van der Waals surface area contributed by atoms with Crippen molar-refractivity contribution in [3.8, 4) is 0 Å². The minimum atomic E-state index is -0.463. The highest BCUT2D eigenvalue weighted by Gasteiger charge is 2.29. The van der Waals surface area contributed by atoms with Crippen molar-refractivity contribution in [3.05, 3.63) is 29.8 Å². The van der Waals surface area contributed by atoms with E-state index in [4.69, 9.17) is 4.74 Å². The molecule has 3 heterocycles. The lowest BCUT2D eigenvalue weighted by Crippen LogP contribution is -2.47. The van der Waals surface area contributed by atoms with Gasteiger partial charge in [0.2, 0.25) is 11.8 Å². The average molecular weight is 485 g/mol. The Bertz CT molecular complexity index is 895. The summed E-state index contributed by atoms with van der Waals surface area (Å²) in [5.41, 5.74) is 1.72. The average Bonchev–Trinajstić information content (AvgIpc) is 2.80. The summed E-state index contributed by atoms with van der Waals surface area (Å²) >= 11 is 0. The largest absolute Gasteiger partial charge is 0.444 e. The second kappa shape index (κ2) is 11.0.